The topological polar surface area (TPSA) is 68.4 Å². The lowest BCUT2D eigenvalue weighted by Gasteiger charge is -2.08. The first-order chi connectivity index (χ1) is 8.28. The minimum atomic E-state index is -0.329. The Bertz CT molecular complexity index is 385. The zero-order valence-electron chi connectivity index (χ0n) is 10.0. The number of rotatable bonds is 6. The van der Waals surface area contributed by atoms with Crippen molar-refractivity contribution in [3.8, 4) is 0 Å². The van der Waals surface area contributed by atoms with Crippen LogP contribution in [0.3, 0.4) is 0 Å². The van der Waals surface area contributed by atoms with Crippen molar-refractivity contribution >= 4 is 0 Å². The summed E-state index contributed by atoms with van der Waals surface area (Å²) in [5.41, 5.74) is 0. The van der Waals surface area contributed by atoms with E-state index in [0.29, 0.717) is 30.0 Å². The van der Waals surface area contributed by atoms with Crippen molar-refractivity contribution in [2.45, 2.75) is 44.3 Å². The Morgan fingerprint density at radius 1 is 1.35 bits per heavy atom. The van der Waals surface area contributed by atoms with Crippen LogP contribution in [0.25, 0.3) is 0 Å². The van der Waals surface area contributed by atoms with E-state index in [4.69, 9.17) is 9.26 Å². The zero-order valence-corrected chi connectivity index (χ0v) is 10.0. The molecular weight excluding hydrogens is 220 g/mol. The molecule has 1 aromatic rings. The Morgan fingerprint density at radius 3 is 2.65 bits per heavy atom. The van der Waals surface area contributed by atoms with E-state index in [1.807, 2.05) is 0 Å². The highest BCUT2D eigenvalue weighted by Gasteiger charge is 2.36. The van der Waals surface area contributed by atoms with E-state index < -0.39 is 0 Å². The van der Waals surface area contributed by atoms with Gasteiger partial charge in [0.05, 0.1) is 12.5 Å². The van der Waals surface area contributed by atoms with Gasteiger partial charge in [0.25, 0.3) is 0 Å². The first kappa shape index (κ1) is 11.2. The van der Waals surface area contributed by atoms with Crippen LogP contribution in [0, 0.1) is 11.8 Å². The summed E-state index contributed by atoms with van der Waals surface area (Å²) in [4.78, 5) is 4.33. The minimum absolute atomic E-state index is 0.0365. The van der Waals surface area contributed by atoms with Crippen molar-refractivity contribution in [1.29, 1.82) is 0 Å². The van der Waals surface area contributed by atoms with Crippen LogP contribution in [0.4, 0.5) is 0 Å². The zero-order chi connectivity index (χ0) is 11.8. The van der Waals surface area contributed by atoms with Crippen LogP contribution in [-0.4, -0.2) is 28.5 Å². The van der Waals surface area contributed by atoms with Gasteiger partial charge < -0.3 is 14.4 Å². The summed E-state index contributed by atoms with van der Waals surface area (Å²) >= 11 is 0. The average molecular weight is 238 g/mol. The predicted octanol–water partition coefficient (Wildman–Crippen LogP) is 1.48. The van der Waals surface area contributed by atoms with Gasteiger partial charge in [-0.2, -0.15) is 4.98 Å². The highest BCUT2D eigenvalue weighted by molar-refractivity contribution is 4.99. The van der Waals surface area contributed by atoms with Gasteiger partial charge in [0.2, 0.25) is 11.7 Å². The quantitative estimate of drug-likeness (QED) is 0.813. The summed E-state index contributed by atoms with van der Waals surface area (Å²) in [6.45, 7) is 0. The van der Waals surface area contributed by atoms with Crippen LogP contribution in [0.5, 0.6) is 0 Å². The Morgan fingerprint density at radius 2 is 2.06 bits per heavy atom. The molecule has 1 heterocycles. The van der Waals surface area contributed by atoms with Gasteiger partial charge in [0, 0.05) is 7.11 Å². The lowest BCUT2D eigenvalue weighted by atomic mass is 10.1. The molecule has 0 aromatic carbocycles. The van der Waals surface area contributed by atoms with Gasteiger partial charge >= 0.3 is 0 Å². The molecule has 2 fully saturated rings. The van der Waals surface area contributed by atoms with Crippen LogP contribution >= 0.6 is 0 Å². The number of hydrogen-bond donors (Lipinski definition) is 1. The molecule has 5 nitrogen and oxygen atoms in total. The van der Waals surface area contributed by atoms with Gasteiger partial charge in [0.15, 0.2) is 0 Å². The third-order valence-corrected chi connectivity index (χ3v) is 3.59. The van der Waals surface area contributed by atoms with Crippen LogP contribution in [-0.2, 0) is 11.2 Å². The Hall–Kier alpha value is -0.940. The molecule has 0 spiro atoms. The van der Waals surface area contributed by atoms with Crippen molar-refractivity contribution < 1.29 is 14.4 Å². The third kappa shape index (κ3) is 2.50. The van der Waals surface area contributed by atoms with Crippen LogP contribution in [0.15, 0.2) is 4.52 Å². The van der Waals surface area contributed by atoms with Crippen molar-refractivity contribution in [3.05, 3.63) is 11.7 Å². The van der Waals surface area contributed by atoms with Gasteiger partial charge in [-0.25, -0.2) is 0 Å². The molecule has 0 saturated heterocycles. The molecule has 0 bridgehead atoms. The summed E-state index contributed by atoms with van der Waals surface area (Å²) in [5, 5.41) is 13.8. The van der Waals surface area contributed by atoms with Crippen LogP contribution in [0.1, 0.15) is 43.5 Å². The first-order valence-corrected chi connectivity index (χ1v) is 6.31. The van der Waals surface area contributed by atoms with E-state index in [-0.39, 0.29) is 12.2 Å². The SMILES string of the molecule is COC(c1noc(CC(O)C2CC2)n1)C1CC1. The molecule has 2 aliphatic carbocycles. The fraction of sp³-hybridized carbons (Fsp3) is 0.833. The smallest absolute Gasteiger partial charge is 0.229 e. The summed E-state index contributed by atoms with van der Waals surface area (Å²) in [5.74, 6) is 2.14. The molecule has 0 aliphatic heterocycles. The number of aliphatic hydroxyl groups is 1. The average Bonchev–Trinajstić information content (AvgIpc) is 3.20. The van der Waals surface area contributed by atoms with Crippen LogP contribution in [0.2, 0.25) is 0 Å². The molecule has 2 atom stereocenters. The second-order valence-corrected chi connectivity index (χ2v) is 5.15. The van der Waals surface area contributed by atoms with Crippen molar-refractivity contribution in [2.24, 2.45) is 11.8 Å². The molecule has 1 aromatic heterocycles. The highest BCUT2D eigenvalue weighted by atomic mass is 16.5. The predicted molar refractivity (Wildman–Crippen MR) is 59.2 cm³/mol. The van der Waals surface area contributed by atoms with E-state index in [9.17, 15) is 5.11 Å². The lowest BCUT2D eigenvalue weighted by Crippen LogP contribution is -2.13. The third-order valence-electron chi connectivity index (χ3n) is 3.59. The number of methoxy groups -OCH3 is 1. The fourth-order valence-electron chi connectivity index (χ4n) is 2.20. The van der Waals surface area contributed by atoms with E-state index in [1.54, 1.807) is 7.11 Å². The Labute approximate surface area is 100 Å². The monoisotopic (exact) mass is 238 g/mol. The number of aliphatic hydroxyl groups excluding tert-OH is 1. The normalized spacial score (nSPS) is 23.6. The van der Waals surface area contributed by atoms with E-state index >= 15 is 0 Å². The molecule has 2 saturated carbocycles. The van der Waals surface area contributed by atoms with Gasteiger partial charge in [-0.15, -0.1) is 0 Å². The van der Waals surface area contributed by atoms with Crippen molar-refractivity contribution in [2.75, 3.05) is 7.11 Å². The maximum atomic E-state index is 9.81. The van der Waals surface area contributed by atoms with Gasteiger partial charge in [-0.3, -0.25) is 0 Å². The highest BCUT2D eigenvalue weighted by Crippen LogP contribution is 2.42. The molecule has 0 amide bonds. The molecule has 1 N–H and O–H groups in total. The summed E-state index contributed by atoms with van der Waals surface area (Å²) in [6, 6.07) is 0. The second kappa shape index (κ2) is 4.38. The summed E-state index contributed by atoms with van der Waals surface area (Å²) < 4.78 is 10.6. The lowest BCUT2D eigenvalue weighted by molar-refractivity contribution is 0.0751. The van der Waals surface area contributed by atoms with Crippen LogP contribution < -0.4 is 0 Å². The van der Waals surface area contributed by atoms with Crippen molar-refractivity contribution in [1.82, 2.24) is 10.1 Å². The molecular formula is C12H18N2O3. The maximum absolute atomic E-state index is 9.81. The number of hydrogen-bond acceptors (Lipinski definition) is 5. The van der Waals surface area contributed by atoms with Gasteiger partial charge in [-0.05, 0) is 37.5 Å². The standard InChI is InChI=1S/C12H18N2O3/c1-16-11(8-4-5-8)12-13-10(17-14-12)6-9(15)7-2-3-7/h7-9,11,15H,2-6H2,1H3. The van der Waals surface area contributed by atoms with E-state index in [1.165, 1.54) is 12.8 Å². The Kier molecular flexibility index (Phi) is 2.88. The largest absolute Gasteiger partial charge is 0.392 e. The van der Waals surface area contributed by atoms with Gasteiger partial charge in [0.1, 0.15) is 6.10 Å². The number of nitrogens with zero attached hydrogens (tertiary/aromatic N) is 2. The number of ether oxygens (including phenoxy) is 1. The Balaban J connectivity index is 1.64. The second-order valence-electron chi connectivity index (χ2n) is 5.15. The summed E-state index contributed by atoms with van der Waals surface area (Å²) in [7, 11) is 1.68. The molecule has 17 heavy (non-hydrogen) atoms. The van der Waals surface area contributed by atoms with Crippen molar-refractivity contribution in [3.63, 3.8) is 0 Å². The molecule has 3 rings (SSSR count). The number of aromatic nitrogens is 2. The summed E-state index contributed by atoms with van der Waals surface area (Å²) in [6.07, 6.45) is 4.69. The minimum Gasteiger partial charge on any atom is -0.392 e. The molecule has 5 heteroatoms. The molecule has 94 valence electrons. The maximum Gasteiger partial charge on any atom is 0.229 e. The first-order valence-electron chi connectivity index (χ1n) is 6.31. The fourth-order valence-corrected chi connectivity index (χ4v) is 2.20. The molecule has 2 aliphatic rings. The molecule has 2 unspecified atom stereocenters. The van der Waals surface area contributed by atoms with E-state index in [2.05, 4.69) is 10.1 Å². The molecule has 0 radical (unpaired) electrons. The van der Waals surface area contributed by atoms with Gasteiger partial charge in [-0.1, -0.05) is 5.16 Å². The van der Waals surface area contributed by atoms with E-state index in [0.717, 1.165) is 12.8 Å².